The van der Waals surface area contributed by atoms with Gasteiger partial charge in [-0.25, -0.2) is 0 Å². The van der Waals surface area contributed by atoms with Gasteiger partial charge in [-0.05, 0) is 24.7 Å². The van der Waals surface area contributed by atoms with E-state index in [0.717, 1.165) is 13.1 Å². The van der Waals surface area contributed by atoms with Gasteiger partial charge in [-0.15, -0.1) is 0 Å². The number of nitrogens with one attached hydrogen (secondary N) is 2. The molecule has 0 aliphatic carbocycles. The zero-order chi connectivity index (χ0) is 16.0. The number of hydrogen-bond donors (Lipinski definition) is 2. The molecule has 1 aromatic heterocycles. The van der Waals surface area contributed by atoms with Crippen molar-refractivity contribution in [2.75, 3.05) is 42.7 Å². The van der Waals surface area contributed by atoms with Gasteiger partial charge in [-0.2, -0.15) is 15.0 Å². The number of aromatic nitrogens is 3. The Labute approximate surface area is 128 Å². The highest BCUT2D eigenvalue weighted by Gasteiger charge is 2.18. The normalized spacial score (nSPS) is 11.3. The Balaban J connectivity index is 2.86. The first kappa shape index (κ1) is 17.5. The van der Waals surface area contributed by atoms with Gasteiger partial charge in [0.15, 0.2) is 0 Å². The van der Waals surface area contributed by atoms with Crippen molar-refractivity contribution in [3.8, 4) is 0 Å². The maximum atomic E-state index is 4.46. The van der Waals surface area contributed by atoms with Crippen molar-refractivity contribution < 1.29 is 0 Å². The lowest BCUT2D eigenvalue weighted by Crippen LogP contribution is -2.26. The van der Waals surface area contributed by atoms with Crippen LogP contribution in [0.2, 0.25) is 0 Å². The van der Waals surface area contributed by atoms with E-state index >= 15 is 0 Å². The zero-order valence-corrected chi connectivity index (χ0v) is 14.4. The van der Waals surface area contributed by atoms with E-state index in [2.05, 4.69) is 53.3 Å². The van der Waals surface area contributed by atoms with Gasteiger partial charge in [-0.1, -0.05) is 27.7 Å². The summed E-state index contributed by atoms with van der Waals surface area (Å²) in [7, 11) is 3.86. The molecule has 1 heterocycles. The van der Waals surface area contributed by atoms with Crippen LogP contribution in [0.5, 0.6) is 0 Å². The smallest absolute Gasteiger partial charge is 0.231 e. The van der Waals surface area contributed by atoms with Gasteiger partial charge in [0.1, 0.15) is 0 Å². The van der Waals surface area contributed by atoms with Crippen molar-refractivity contribution >= 4 is 17.8 Å². The molecule has 0 fully saturated rings. The zero-order valence-electron chi connectivity index (χ0n) is 14.4. The molecule has 0 radical (unpaired) electrons. The lowest BCUT2D eigenvalue weighted by molar-refractivity contribution is 0.304. The summed E-state index contributed by atoms with van der Waals surface area (Å²) < 4.78 is 0. The minimum Gasteiger partial charge on any atom is -0.354 e. The fraction of sp³-hybridized carbons (Fsp3) is 0.800. The summed E-state index contributed by atoms with van der Waals surface area (Å²) in [6.07, 6.45) is 0. The number of rotatable bonds is 8. The Morgan fingerprint density at radius 3 is 1.86 bits per heavy atom. The van der Waals surface area contributed by atoms with E-state index in [0.29, 0.717) is 35.6 Å². The molecule has 0 amide bonds. The lowest BCUT2D eigenvalue weighted by atomic mass is 9.85. The average molecular weight is 294 g/mol. The summed E-state index contributed by atoms with van der Waals surface area (Å²) in [5.41, 5.74) is 0. The minimum absolute atomic E-state index is 0.590. The van der Waals surface area contributed by atoms with Crippen LogP contribution in [-0.4, -0.2) is 42.1 Å². The molecule has 0 aromatic carbocycles. The van der Waals surface area contributed by atoms with Crippen molar-refractivity contribution in [1.29, 1.82) is 0 Å². The number of hydrogen-bond acceptors (Lipinski definition) is 6. The largest absolute Gasteiger partial charge is 0.354 e. The third-order valence-electron chi connectivity index (χ3n) is 3.57. The van der Waals surface area contributed by atoms with Crippen LogP contribution < -0.4 is 15.5 Å². The van der Waals surface area contributed by atoms with Crippen LogP contribution in [0.3, 0.4) is 0 Å². The molecule has 0 aliphatic rings. The van der Waals surface area contributed by atoms with Crippen molar-refractivity contribution in [2.45, 2.75) is 34.6 Å². The van der Waals surface area contributed by atoms with E-state index in [-0.39, 0.29) is 0 Å². The molecule has 0 spiro atoms. The molecule has 120 valence electrons. The predicted octanol–water partition coefficient (Wildman–Crippen LogP) is 2.71. The van der Waals surface area contributed by atoms with E-state index in [9.17, 15) is 0 Å². The standard InChI is InChI=1S/C15H30N6/c1-8-16-13-18-14(20-15(19-13)21(6)7)17-9-12(10(2)3)11(4)5/h10-12H,8-9H2,1-7H3,(H2,16,17,18,19,20). The van der Waals surface area contributed by atoms with Gasteiger partial charge in [0.2, 0.25) is 17.8 Å². The van der Waals surface area contributed by atoms with E-state index in [1.165, 1.54) is 0 Å². The van der Waals surface area contributed by atoms with E-state index < -0.39 is 0 Å². The van der Waals surface area contributed by atoms with Gasteiger partial charge >= 0.3 is 0 Å². The van der Waals surface area contributed by atoms with Gasteiger partial charge in [0.05, 0.1) is 0 Å². The Bertz CT molecular complexity index is 422. The van der Waals surface area contributed by atoms with Crippen LogP contribution in [0.4, 0.5) is 17.8 Å². The molecule has 2 N–H and O–H groups in total. The van der Waals surface area contributed by atoms with Crippen LogP contribution >= 0.6 is 0 Å². The fourth-order valence-corrected chi connectivity index (χ4v) is 2.33. The third-order valence-corrected chi connectivity index (χ3v) is 3.57. The van der Waals surface area contributed by atoms with Gasteiger partial charge in [0.25, 0.3) is 0 Å². The molecule has 6 nitrogen and oxygen atoms in total. The Morgan fingerprint density at radius 1 is 0.905 bits per heavy atom. The van der Waals surface area contributed by atoms with E-state index in [1.807, 2.05) is 25.9 Å². The van der Waals surface area contributed by atoms with Crippen LogP contribution in [-0.2, 0) is 0 Å². The van der Waals surface area contributed by atoms with E-state index in [1.54, 1.807) is 0 Å². The molecular weight excluding hydrogens is 264 g/mol. The average Bonchev–Trinajstić information content (AvgIpc) is 2.38. The highest BCUT2D eigenvalue weighted by atomic mass is 15.3. The molecule has 0 aliphatic heterocycles. The third kappa shape index (κ3) is 5.36. The molecule has 1 aromatic rings. The summed E-state index contributed by atoms with van der Waals surface area (Å²) in [4.78, 5) is 15.1. The molecule has 0 unspecified atom stereocenters. The first-order valence-corrected chi connectivity index (χ1v) is 7.76. The molecule has 0 saturated heterocycles. The maximum absolute atomic E-state index is 4.46. The number of nitrogens with zero attached hydrogens (tertiary/aromatic N) is 4. The molecule has 1 rings (SSSR count). The Hall–Kier alpha value is -1.59. The summed E-state index contributed by atoms with van der Waals surface area (Å²) in [5.74, 6) is 3.75. The monoisotopic (exact) mass is 294 g/mol. The molecule has 6 heteroatoms. The molecule has 21 heavy (non-hydrogen) atoms. The van der Waals surface area contributed by atoms with Crippen molar-refractivity contribution in [2.24, 2.45) is 17.8 Å². The highest BCUT2D eigenvalue weighted by Crippen LogP contribution is 2.21. The van der Waals surface area contributed by atoms with Crippen molar-refractivity contribution in [3.63, 3.8) is 0 Å². The van der Waals surface area contributed by atoms with Crippen LogP contribution in [0.1, 0.15) is 34.6 Å². The van der Waals surface area contributed by atoms with Crippen LogP contribution in [0, 0.1) is 17.8 Å². The van der Waals surface area contributed by atoms with Crippen molar-refractivity contribution in [1.82, 2.24) is 15.0 Å². The first-order chi connectivity index (χ1) is 9.85. The SMILES string of the molecule is CCNc1nc(NCC(C(C)C)C(C)C)nc(N(C)C)n1. The molecule has 0 atom stereocenters. The summed E-state index contributed by atoms with van der Waals surface area (Å²) in [6, 6.07) is 0. The van der Waals surface area contributed by atoms with Gasteiger partial charge in [0, 0.05) is 27.2 Å². The number of anilines is 3. The van der Waals surface area contributed by atoms with Gasteiger partial charge in [-0.3, -0.25) is 0 Å². The quantitative estimate of drug-likeness (QED) is 0.768. The second-order valence-corrected chi connectivity index (χ2v) is 6.24. The Morgan fingerprint density at radius 2 is 1.43 bits per heavy atom. The van der Waals surface area contributed by atoms with Crippen molar-refractivity contribution in [3.05, 3.63) is 0 Å². The van der Waals surface area contributed by atoms with E-state index in [4.69, 9.17) is 0 Å². The summed E-state index contributed by atoms with van der Waals surface area (Å²) in [6.45, 7) is 12.7. The topological polar surface area (TPSA) is 66.0 Å². The van der Waals surface area contributed by atoms with Crippen LogP contribution in [0.25, 0.3) is 0 Å². The fourth-order valence-electron chi connectivity index (χ4n) is 2.33. The maximum Gasteiger partial charge on any atom is 0.231 e. The van der Waals surface area contributed by atoms with Gasteiger partial charge < -0.3 is 15.5 Å². The second-order valence-electron chi connectivity index (χ2n) is 6.24. The molecule has 0 saturated carbocycles. The Kier molecular flexibility index (Phi) is 6.65. The highest BCUT2D eigenvalue weighted by molar-refractivity contribution is 5.42. The molecular formula is C15H30N6. The predicted molar refractivity (Wildman–Crippen MR) is 90.0 cm³/mol. The second kappa shape index (κ2) is 8.00. The lowest BCUT2D eigenvalue weighted by Gasteiger charge is -2.25. The molecule has 0 bridgehead atoms. The summed E-state index contributed by atoms with van der Waals surface area (Å²) in [5, 5.41) is 6.52. The first-order valence-electron chi connectivity index (χ1n) is 7.76. The minimum atomic E-state index is 0.590. The summed E-state index contributed by atoms with van der Waals surface area (Å²) >= 11 is 0. The van der Waals surface area contributed by atoms with Crippen LogP contribution in [0.15, 0.2) is 0 Å².